The second-order valence-corrected chi connectivity index (χ2v) is 7.92. The van der Waals surface area contributed by atoms with Crippen LogP contribution in [0.15, 0.2) is 42.5 Å². The van der Waals surface area contributed by atoms with E-state index < -0.39 is 25.1 Å². The second-order valence-electron chi connectivity index (χ2n) is 7.92. The van der Waals surface area contributed by atoms with E-state index in [1.54, 1.807) is 30.3 Å². The molecule has 2 aromatic carbocycles. The van der Waals surface area contributed by atoms with Gasteiger partial charge in [0.05, 0.1) is 18.4 Å². The summed E-state index contributed by atoms with van der Waals surface area (Å²) in [5.74, 6) is -1.18. The zero-order chi connectivity index (χ0) is 24.5. The summed E-state index contributed by atoms with van der Waals surface area (Å²) in [6.07, 6.45) is 4.08. The van der Waals surface area contributed by atoms with Gasteiger partial charge in [0, 0.05) is 11.6 Å². The van der Waals surface area contributed by atoms with Crippen molar-refractivity contribution in [2.75, 3.05) is 25.6 Å². The lowest BCUT2D eigenvalue weighted by Crippen LogP contribution is -2.33. The summed E-state index contributed by atoms with van der Waals surface area (Å²) in [4.78, 5) is 48.4. The fourth-order valence-corrected chi connectivity index (χ4v) is 3.64. The molecule has 0 heterocycles. The van der Waals surface area contributed by atoms with Crippen LogP contribution in [0.25, 0.3) is 0 Å². The van der Waals surface area contributed by atoms with Crippen LogP contribution in [-0.4, -0.2) is 49.9 Å². The van der Waals surface area contributed by atoms with E-state index in [4.69, 9.17) is 14.2 Å². The highest BCUT2D eigenvalue weighted by Gasteiger charge is 2.20. The van der Waals surface area contributed by atoms with Gasteiger partial charge in [-0.15, -0.1) is 0 Å². The van der Waals surface area contributed by atoms with Gasteiger partial charge < -0.3 is 24.8 Å². The molecule has 0 bridgehead atoms. The van der Waals surface area contributed by atoms with Gasteiger partial charge in [-0.2, -0.15) is 0 Å². The number of carbonyl (C=O) groups excluding carboxylic acids is 4. The highest BCUT2D eigenvalue weighted by molar-refractivity contribution is 6.04. The van der Waals surface area contributed by atoms with Crippen LogP contribution in [0.4, 0.5) is 5.69 Å². The maximum atomic E-state index is 12.6. The summed E-state index contributed by atoms with van der Waals surface area (Å²) in [5, 5.41) is 5.60. The molecule has 0 aliphatic heterocycles. The molecule has 34 heavy (non-hydrogen) atoms. The summed E-state index contributed by atoms with van der Waals surface area (Å²) in [6.45, 7) is 0.433. The average molecular weight is 469 g/mol. The number of carbonyl (C=O) groups is 4. The molecule has 9 heteroatoms. The number of hydrogen-bond donors (Lipinski definition) is 2. The molecule has 180 valence electrons. The molecule has 0 atom stereocenters. The van der Waals surface area contributed by atoms with E-state index in [1.807, 2.05) is 0 Å². The Labute approximate surface area is 197 Å². The Kier molecular flexibility index (Phi) is 8.61. The highest BCUT2D eigenvalue weighted by Crippen LogP contribution is 2.28. The molecule has 1 aliphatic rings. The maximum absolute atomic E-state index is 12.6. The third-order valence-corrected chi connectivity index (χ3v) is 5.42. The summed E-state index contributed by atoms with van der Waals surface area (Å²) in [6, 6.07) is 11.4. The Morgan fingerprint density at radius 1 is 0.971 bits per heavy atom. The van der Waals surface area contributed by atoms with Crippen LogP contribution < -0.4 is 20.1 Å². The Morgan fingerprint density at radius 3 is 2.41 bits per heavy atom. The fraction of sp³-hybridized carbons (Fsp3) is 0.360. The van der Waals surface area contributed by atoms with Crippen LogP contribution in [0.1, 0.15) is 53.3 Å². The number of benzene rings is 2. The summed E-state index contributed by atoms with van der Waals surface area (Å²) in [5.41, 5.74) is 1.13. The highest BCUT2D eigenvalue weighted by atomic mass is 16.6. The molecule has 1 aliphatic carbocycles. The van der Waals surface area contributed by atoms with E-state index >= 15 is 0 Å². The van der Waals surface area contributed by atoms with E-state index in [0.29, 0.717) is 22.6 Å². The van der Waals surface area contributed by atoms with Crippen molar-refractivity contribution in [2.24, 2.45) is 0 Å². The molecule has 0 spiro atoms. The summed E-state index contributed by atoms with van der Waals surface area (Å²) >= 11 is 0. The number of ether oxygens (including phenoxy) is 3. The van der Waals surface area contributed by atoms with Gasteiger partial charge in [0.15, 0.2) is 30.5 Å². The lowest BCUT2D eigenvalue weighted by atomic mass is 10.1. The van der Waals surface area contributed by atoms with Gasteiger partial charge in [0.25, 0.3) is 11.8 Å². The largest absolute Gasteiger partial charge is 0.493 e. The number of ketones is 1. The van der Waals surface area contributed by atoms with Crippen molar-refractivity contribution in [3.05, 3.63) is 53.6 Å². The Balaban J connectivity index is 1.49. The molecule has 2 aromatic rings. The van der Waals surface area contributed by atoms with Crippen molar-refractivity contribution in [2.45, 2.75) is 38.6 Å². The molecule has 2 N–H and O–H groups in total. The van der Waals surface area contributed by atoms with Gasteiger partial charge in [0.2, 0.25) is 0 Å². The molecule has 9 nitrogen and oxygen atoms in total. The lowest BCUT2D eigenvalue weighted by Gasteiger charge is -2.15. The molecule has 0 aromatic heterocycles. The Hall–Kier alpha value is -3.88. The first kappa shape index (κ1) is 24.8. The number of amides is 2. The molecule has 1 fully saturated rings. The van der Waals surface area contributed by atoms with E-state index in [9.17, 15) is 19.2 Å². The van der Waals surface area contributed by atoms with Crippen LogP contribution >= 0.6 is 0 Å². The van der Waals surface area contributed by atoms with Gasteiger partial charge in [-0.25, -0.2) is 4.79 Å². The smallest absolute Gasteiger partial charge is 0.344 e. The second kappa shape index (κ2) is 11.8. The molecular weight excluding hydrogens is 440 g/mol. The van der Waals surface area contributed by atoms with E-state index in [1.165, 1.54) is 26.2 Å². The van der Waals surface area contributed by atoms with Gasteiger partial charge in [-0.05, 0) is 50.1 Å². The minimum atomic E-state index is -0.764. The van der Waals surface area contributed by atoms with Crippen LogP contribution in [0.2, 0.25) is 0 Å². The summed E-state index contributed by atoms with van der Waals surface area (Å²) < 4.78 is 15.5. The average Bonchev–Trinajstić information content (AvgIpc) is 3.34. The van der Waals surface area contributed by atoms with Gasteiger partial charge in [-0.1, -0.05) is 25.0 Å². The predicted molar refractivity (Wildman–Crippen MR) is 124 cm³/mol. The Bertz CT molecular complexity index is 1060. The molecule has 1 saturated carbocycles. The predicted octanol–water partition coefficient (Wildman–Crippen LogP) is 3.13. The Morgan fingerprint density at radius 2 is 1.71 bits per heavy atom. The van der Waals surface area contributed by atoms with Crippen LogP contribution in [0, 0.1) is 0 Å². The SMILES string of the molecule is COc1cc(C(C)=O)ccc1OCC(=O)OCC(=O)Nc1ccccc1C(=O)NC1CCCC1. The van der Waals surface area contributed by atoms with E-state index in [2.05, 4.69) is 10.6 Å². The van der Waals surface area contributed by atoms with Gasteiger partial charge in [0.1, 0.15) is 0 Å². The third-order valence-electron chi connectivity index (χ3n) is 5.42. The number of Topliss-reactive ketones (excluding diaryl/α,β-unsaturated/α-hetero) is 1. The molecule has 0 unspecified atom stereocenters. The summed E-state index contributed by atoms with van der Waals surface area (Å²) in [7, 11) is 1.42. The van der Waals surface area contributed by atoms with Crippen LogP contribution in [-0.2, 0) is 14.3 Å². The number of anilines is 1. The van der Waals surface area contributed by atoms with Crippen molar-refractivity contribution in [3.8, 4) is 11.5 Å². The van der Waals surface area contributed by atoms with Gasteiger partial charge in [-0.3, -0.25) is 14.4 Å². The molecular formula is C25H28N2O7. The van der Waals surface area contributed by atoms with E-state index in [-0.39, 0.29) is 23.5 Å². The first-order chi connectivity index (χ1) is 16.4. The third kappa shape index (κ3) is 6.81. The number of nitrogens with one attached hydrogen (secondary N) is 2. The molecule has 3 rings (SSSR count). The standard InChI is InChI=1S/C25H28N2O7/c1-16(28)17-11-12-21(22(13-17)32-2)33-15-24(30)34-14-23(29)27-20-10-6-5-9-19(20)25(31)26-18-7-3-4-8-18/h5-6,9-13,18H,3-4,7-8,14-15H2,1-2H3,(H,26,31)(H,27,29). The van der Waals surface area contributed by atoms with Crippen LogP contribution in [0.5, 0.6) is 11.5 Å². The van der Waals surface area contributed by atoms with Crippen molar-refractivity contribution < 1.29 is 33.4 Å². The van der Waals surface area contributed by atoms with Crippen molar-refractivity contribution in [1.82, 2.24) is 5.32 Å². The van der Waals surface area contributed by atoms with Crippen molar-refractivity contribution in [3.63, 3.8) is 0 Å². The minimum Gasteiger partial charge on any atom is -0.493 e. The number of para-hydroxylation sites is 1. The minimum absolute atomic E-state index is 0.132. The molecule has 0 radical (unpaired) electrons. The van der Waals surface area contributed by atoms with Crippen LogP contribution in [0.3, 0.4) is 0 Å². The number of hydrogen-bond acceptors (Lipinski definition) is 7. The molecule has 0 saturated heterocycles. The quantitative estimate of drug-likeness (QED) is 0.406. The normalized spacial score (nSPS) is 13.1. The molecule has 2 amide bonds. The maximum Gasteiger partial charge on any atom is 0.344 e. The zero-order valence-corrected chi connectivity index (χ0v) is 19.2. The number of rotatable bonds is 10. The van der Waals surface area contributed by atoms with E-state index in [0.717, 1.165) is 25.7 Å². The van der Waals surface area contributed by atoms with Gasteiger partial charge >= 0.3 is 5.97 Å². The number of esters is 1. The number of methoxy groups -OCH3 is 1. The van der Waals surface area contributed by atoms with Crippen molar-refractivity contribution in [1.29, 1.82) is 0 Å². The van der Waals surface area contributed by atoms with Crippen molar-refractivity contribution >= 4 is 29.3 Å². The first-order valence-electron chi connectivity index (χ1n) is 11.0. The monoisotopic (exact) mass is 468 g/mol. The zero-order valence-electron chi connectivity index (χ0n) is 19.2. The first-order valence-corrected chi connectivity index (χ1v) is 11.0. The fourth-order valence-electron chi connectivity index (χ4n) is 3.64. The lowest BCUT2D eigenvalue weighted by molar-refractivity contribution is -0.149. The topological polar surface area (TPSA) is 120 Å².